The van der Waals surface area contributed by atoms with E-state index in [-0.39, 0.29) is 0 Å². The van der Waals surface area contributed by atoms with Gasteiger partial charge in [-0.25, -0.2) is 9.97 Å². The Balaban J connectivity index is 1.49. The number of nitrogens with zero attached hydrogens (tertiary/aromatic N) is 4. The van der Waals surface area contributed by atoms with E-state index in [2.05, 4.69) is 21.1 Å². The molecule has 0 spiro atoms. The number of aromatic nitrogens is 3. The quantitative estimate of drug-likeness (QED) is 0.894. The van der Waals surface area contributed by atoms with E-state index in [1.165, 1.54) is 25.8 Å². The summed E-state index contributed by atoms with van der Waals surface area (Å²) < 4.78 is 1.99. The molecule has 3 unspecified atom stereocenters. The van der Waals surface area contributed by atoms with Crippen LogP contribution in [0.4, 0.5) is 0 Å². The molecule has 5 nitrogen and oxygen atoms in total. The molecule has 2 aromatic rings. The Kier molecular flexibility index (Phi) is 2.97. The van der Waals surface area contributed by atoms with Gasteiger partial charge in [0.15, 0.2) is 0 Å². The Bertz CT molecular complexity index is 574. The Morgan fingerprint density at radius 2 is 2.25 bits per heavy atom. The first kappa shape index (κ1) is 12.3. The Morgan fingerprint density at radius 3 is 3.10 bits per heavy atom. The van der Waals surface area contributed by atoms with Gasteiger partial charge in [-0.15, -0.1) is 0 Å². The molecule has 0 radical (unpaired) electrons. The number of hydrogen-bond donors (Lipinski definition) is 1. The molecule has 20 heavy (non-hydrogen) atoms. The maximum absolute atomic E-state index is 6.28. The topological polar surface area (TPSA) is 59.5 Å². The molecule has 106 valence electrons. The summed E-state index contributed by atoms with van der Waals surface area (Å²) in [6, 6.07) is 2.34. The third-order valence-electron chi connectivity index (χ3n) is 4.90. The molecule has 1 aliphatic heterocycles. The number of hydrogen-bond acceptors (Lipinski definition) is 4. The van der Waals surface area contributed by atoms with Gasteiger partial charge >= 0.3 is 0 Å². The van der Waals surface area contributed by atoms with E-state index in [4.69, 9.17) is 5.73 Å². The van der Waals surface area contributed by atoms with Crippen LogP contribution in [-0.2, 0) is 6.54 Å². The zero-order valence-corrected chi connectivity index (χ0v) is 11.7. The predicted molar refractivity (Wildman–Crippen MR) is 77.1 cm³/mol. The standard InChI is InChI=1S/C15H21N5/c16-14-4-1-3-11-7-19(10-13(11)14)8-12-9-20-6-2-5-17-15(20)18-12/h2,5-6,9,11,13-14H,1,3-4,7-8,10,16H2. The normalized spacial score (nSPS) is 30.8. The lowest BCUT2D eigenvalue weighted by atomic mass is 9.78. The van der Waals surface area contributed by atoms with E-state index < -0.39 is 0 Å². The summed E-state index contributed by atoms with van der Waals surface area (Å²) in [5.41, 5.74) is 7.39. The maximum atomic E-state index is 6.28. The van der Waals surface area contributed by atoms with E-state index >= 15 is 0 Å². The zero-order valence-electron chi connectivity index (χ0n) is 11.7. The second kappa shape index (κ2) is 4.82. The van der Waals surface area contributed by atoms with Crippen LogP contribution in [0, 0.1) is 11.8 Å². The summed E-state index contributed by atoms with van der Waals surface area (Å²) in [5, 5.41) is 0. The van der Waals surface area contributed by atoms with Gasteiger partial charge in [-0.1, -0.05) is 6.42 Å². The first-order valence-corrected chi connectivity index (χ1v) is 7.56. The molecule has 2 aliphatic rings. The molecule has 1 aliphatic carbocycles. The fourth-order valence-electron chi connectivity index (χ4n) is 3.92. The number of fused-ring (bicyclic) bond motifs is 2. The van der Waals surface area contributed by atoms with Crippen molar-refractivity contribution in [3.8, 4) is 0 Å². The predicted octanol–water partition coefficient (Wildman–Crippen LogP) is 1.29. The minimum absolute atomic E-state index is 0.404. The van der Waals surface area contributed by atoms with Crippen LogP contribution < -0.4 is 5.73 Å². The second-order valence-corrected chi connectivity index (χ2v) is 6.27. The van der Waals surface area contributed by atoms with Crippen molar-refractivity contribution in [2.45, 2.75) is 31.8 Å². The molecular weight excluding hydrogens is 250 g/mol. The third kappa shape index (κ3) is 2.11. The first-order valence-electron chi connectivity index (χ1n) is 7.56. The van der Waals surface area contributed by atoms with Crippen molar-refractivity contribution in [2.75, 3.05) is 13.1 Å². The van der Waals surface area contributed by atoms with Crippen LogP contribution in [0.3, 0.4) is 0 Å². The average molecular weight is 271 g/mol. The second-order valence-electron chi connectivity index (χ2n) is 6.27. The van der Waals surface area contributed by atoms with Gasteiger partial charge in [-0.2, -0.15) is 0 Å². The third-order valence-corrected chi connectivity index (χ3v) is 4.90. The summed E-state index contributed by atoms with van der Waals surface area (Å²) in [6.07, 6.45) is 9.72. The van der Waals surface area contributed by atoms with Crippen LogP contribution in [0.25, 0.3) is 5.78 Å². The van der Waals surface area contributed by atoms with Crippen molar-refractivity contribution in [1.29, 1.82) is 0 Å². The number of imidazole rings is 1. The molecule has 2 aromatic heterocycles. The lowest BCUT2D eigenvalue weighted by molar-refractivity contribution is 0.259. The molecule has 3 heterocycles. The van der Waals surface area contributed by atoms with Crippen molar-refractivity contribution in [1.82, 2.24) is 19.3 Å². The van der Waals surface area contributed by atoms with Crippen LogP contribution in [0.5, 0.6) is 0 Å². The van der Waals surface area contributed by atoms with Crippen molar-refractivity contribution in [2.24, 2.45) is 17.6 Å². The summed E-state index contributed by atoms with van der Waals surface area (Å²) in [6.45, 7) is 3.23. The smallest absolute Gasteiger partial charge is 0.233 e. The largest absolute Gasteiger partial charge is 0.327 e. The molecule has 0 aromatic carbocycles. The van der Waals surface area contributed by atoms with Crippen molar-refractivity contribution < 1.29 is 0 Å². The van der Waals surface area contributed by atoms with Crippen LogP contribution in [0.15, 0.2) is 24.7 Å². The molecule has 1 saturated heterocycles. The minimum Gasteiger partial charge on any atom is -0.327 e. The Labute approximate surface area is 118 Å². The van der Waals surface area contributed by atoms with Gasteiger partial charge in [0, 0.05) is 44.3 Å². The molecule has 0 bridgehead atoms. The van der Waals surface area contributed by atoms with Gasteiger partial charge in [0.25, 0.3) is 0 Å². The summed E-state index contributed by atoms with van der Waals surface area (Å²) >= 11 is 0. The van der Waals surface area contributed by atoms with E-state index in [1.807, 2.05) is 16.7 Å². The van der Waals surface area contributed by atoms with Crippen LogP contribution in [-0.4, -0.2) is 38.4 Å². The van der Waals surface area contributed by atoms with Crippen molar-refractivity contribution >= 4 is 5.78 Å². The fourth-order valence-corrected chi connectivity index (χ4v) is 3.92. The molecule has 1 saturated carbocycles. The van der Waals surface area contributed by atoms with E-state index in [9.17, 15) is 0 Å². The zero-order chi connectivity index (χ0) is 13.5. The van der Waals surface area contributed by atoms with Gasteiger partial charge in [0.1, 0.15) is 0 Å². The van der Waals surface area contributed by atoms with Gasteiger partial charge in [0.05, 0.1) is 5.69 Å². The highest BCUT2D eigenvalue weighted by atomic mass is 15.2. The molecule has 2 fully saturated rings. The van der Waals surface area contributed by atoms with Crippen LogP contribution in [0.1, 0.15) is 25.0 Å². The summed E-state index contributed by atoms with van der Waals surface area (Å²) in [4.78, 5) is 11.4. The monoisotopic (exact) mass is 271 g/mol. The lowest BCUT2D eigenvalue weighted by Gasteiger charge is -2.29. The molecule has 0 amide bonds. The number of likely N-dealkylation sites (tertiary alicyclic amines) is 1. The molecule has 4 rings (SSSR count). The SMILES string of the molecule is NC1CCCC2CN(Cc3cn4cccnc4n3)CC12. The van der Waals surface area contributed by atoms with Crippen LogP contribution >= 0.6 is 0 Å². The molecule has 3 atom stereocenters. The average Bonchev–Trinajstić information content (AvgIpc) is 3.02. The van der Waals surface area contributed by atoms with Gasteiger partial charge in [-0.05, 0) is 30.7 Å². The van der Waals surface area contributed by atoms with E-state index in [0.717, 1.165) is 30.5 Å². The maximum Gasteiger partial charge on any atom is 0.233 e. The van der Waals surface area contributed by atoms with Gasteiger partial charge in [-0.3, -0.25) is 9.30 Å². The number of rotatable bonds is 2. The lowest BCUT2D eigenvalue weighted by Crippen LogP contribution is -2.38. The highest BCUT2D eigenvalue weighted by Crippen LogP contribution is 2.35. The highest BCUT2D eigenvalue weighted by Gasteiger charge is 2.38. The first-order chi connectivity index (χ1) is 9.79. The van der Waals surface area contributed by atoms with Gasteiger partial charge in [0.2, 0.25) is 5.78 Å². The van der Waals surface area contributed by atoms with Crippen molar-refractivity contribution in [3.05, 3.63) is 30.4 Å². The molecule has 5 heteroatoms. The minimum atomic E-state index is 0.404. The Morgan fingerprint density at radius 1 is 1.30 bits per heavy atom. The van der Waals surface area contributed by atoms with E-state index in [1.54, 1.807) is 6.20 Å². The fraction of sp³-hybridized carbons (Fsp3) is 0.600. The van der Waals surface area contributed by atoms with Gasteiger partial charge < -0.3 is 5.73 Å². The molecule has 2 N–H and O–H groups in total. The Hall–Kier alpha value is -1.46. The molecular formula is C15H21N5. The van der Waals surface area contributed by atoms with Crippen LogP contribution in [0.2, 0.25) is 0 Å². The summed E-state index contributed by atoms with van der Waals surface area (Å²) in [7, 11) is 0. The highest BCUT2D eigenvalue weighted by molar-refractivity contribution is 5.29. The van der Waals surface area contributed by atoms with E-state index in [0.29, 0.717) is 12.0 Å². The van der Waals surface area contributed by atoms with Crippen molar-refractivity contribution in [3.63, 3.8) is 0 Å². The summed E-state index contributed by atoms with van der Waals surface area (Å²) in [5.74, 6) is 2.28. The number of nitrogens with two attached hydrogens (primary N) is 1.